The Bertz CT molecular complexity index is 632. The van der Waals surface area contributed by atoms with Crippen molar-refractivity contribution in [2.24, 2.45) is 11.1 Å². The van der Waals surface area contributed by atoms with Crippen molar-refractivity contribution in [2.75, 3.05) is 13.1 Å². The number of hydrogen-bond acceptors (Lipinski definition) is 4. The van der Waals surface area contributed by atoms with E-state index in [9.17, 15) is 13.2 Å². The van der Waals surface area contributed by atoms with Crippen molar-refractivity contribution in [3.63, 3.8) is 0 Å². The lowest BCUT2D eigenvalue weighted by Gasteiger charge is -2.34. The maximum Gasteiger partial charge on any atom is 0.226 e. The van der Waals surface area contributed by atoms with Crippen LogP contribution in [-0.4, -0.2) is 47.3 Å². The van der Waals surface area contributed by atoms with Crippen molar-refractivity contribution in [1.29, 1.82) is 0 Å². The SMILES string of the molecule is NS(=O)(=O)C1CCN(C(=O)C2CCn3nccc3C2)CC1. The molecule has 1 saturated heterocycles. The van der Waals surface area contributed by atoms with Crippen LogP contribution in [0.25, 0.3) is 0 Å². The molecule has 0 radical (unpaired) electrons. The predicted molar refractivity (Wildman–Crippen MR) is 76.7 cm³/mol. The number of piperidine rings is 1. The quantitative estimate of drug-likeness (QED) is 0.812. The van der Waals surface area contributed by atoms with E-state index in [-0.39, 0.29) is 11.8 Å². The molecular formula is C13H20N4O3S. The largest absolute Gasteiger partial charge is 0.342 e. The number of aryl methyl sites for hydroxylation is 1. The van der Waals surface area contributed by atoms with Crippen LogP contribution in [0, 0.1) is 5.92 Å². The van der Waals surface area contributed by atoms with Crippen LogP contribution in [0.4, 0.5) is 0 Å². The number of likely N-dealkylation sites (tertiary alicyclic amines) is 1. The minimum absolute atomic E-state index is 0.0137. The number of carbonyl (C=O) groups excluding carboxylic acids is 1. The van der Waals surface area contributed by atoms with Gasteiger partial charge in [0.1, 0.15) is 0 Å². The van der Waals surface area contributed by atoms with Gasteiger partial charge >= 0.3 is 0 Å². The molecule has 1 unspecified atom stereocenters. The minimum atomic E-state index is -3.48. The topological polar surface area (TPSA) is 98.3 Å². The smallest absolute Gasteiger partial charge is 0.226 e. The molecule has 116 valence electrons. The number of nitrogens with zero attached hydrogens (tertiary/aromatic N) is 3. The Morgan fingerprint density at radius 1 is 1.24 bits per heavy atom. The number of rotatable bonds is 2. The second-order valence-corrected chi connectivity index (χ2v) is 7.69. The fraction of sp³-hybridized carbons (Fsp3) is 0.692. The second kappa shape index (κ2) is 5.42. The predicted octanol–water partition coefficient (Wildman–Crippen LogP) is -0.275. The molecule has 3 rings (SSSR count). The lowest BCUT2D eigenvalue weighted by Crippen LogP contribution is -2.47. The Kier molecular flexibility index (Phi) is 3.75. The zero-order chi connectivity index (χ0) is 15.0. The Balaban J connectivity index is 1.60. The van der Waals surface area contributed by atoms with Gasteiger partial charge < -0.3 is 4.90 Å². The van der Waals surface area contributed by atoms with Crippen LogP contribution >= 0.6 is 0 Å². The van der Waals surface area contributed by atoms with Gasteiger partial charge in [0.15, 0.2) is 0 Å². The first kappa shape index (κ1) is 14.5. The second-order valence-electron chi connectivity index (χ2n) is 5.85. The Morgan fingerprint density at radius 3 is 2.62 bits per heavy atom. The van der Waals surface area contributed by atoms with Crippen molar-refractivity contribution in [2.45, 2.75) is 37.5 Å². The van der Waals surface area contributed by atoms with Gasteiger partial charge in [0.05, 0.1) is 5.25 Å². The van der Waals surface area contributed by atoms with Gasteiger partial charge in [-0.15, -0.1) is 0 Å². The van der Waals surface area contributed by atoms with Crippen molar-refractivity contribution in [1.82, 2.24) is 14.7 Å². The highest BCUT2D eigenvalue weighted by Gasteiger charge is 2.33. The summed E-state index contributed by atoms with van der Waals surface area (Å²) in [5.41, 5.74) is 1.10. The van der Waals surface area contributed by atoms with Gasteiger partial charge in [-0.1, -0.05) is 0 Å². The van der Waals surface area contributed by atoms with Crippen LogP contribution in [0.5, 0.6) is 0 Å². The van der Waals surface area contributed by atoms with Crippen molar-refractivity contribution < 1.29 is 13.2 Å². The molecule has 8 heteroatoms. The van der Waals surface area contributed by atoms with E-state index in [2.05, 4.69) is 5.10 Å². The summed E-state index contributed by atoms with van der Waals surface area (Å²) in [6, 6.07) is 1.95. The van der Waals surface area contributed by atoms with Crippen molar-refractivity contribution in [3.05, 3.63) is 18.0 Å². The van der Waals surface area contributed by atoms with E-state index in [1.807, 2.05) is 10.7 Å². The van der Waals surface area contributed by atoms with Gasteiger partial charge in [-0.2, -0.15) is 5.10 Å². The number of nitrogens with two attached hydrogens (primary N) is 1. The molecule has 2 aliphatic heterocycles. The average Bonchev–Trinajstić information content (AvgIpc) is 2.93. The Hall–Kier alpha value is -1.41. The summed E-state index contributed by atoms with van der Waals surface area (Å²) in [4.78, 5) is 14.3. The highest BCUT2D eigenvalue weighted by Crippen LogP contribution is 2.24. The number of aromatic nitrogens is 2. The van der Waals surface area contributed by atoms with Gasteiger partial charge in [-0.3, -0.25) is 9.48 Å². The molecule has 0 bridgehead atoms. The molecule has 2 N–H and O–H groups in total. The Labute approximate surface area is 124 Å². The molecule has 21 heavy (non-hydrogen) atoms. The first-order valence-corrected chi connectivity index (χ1v) is 8.87. The normalized spacial score (nSPS) is 23.9. The molecule has 0 saturated carbocycles. The van der Waals surface area contributed by atoms with E-state index < -0.39 is 15.3 Å². The minimum Gasteiger partial charge on any atom is -0.342 e. The van der Waals surface area contributed by atoms with E-state index in [4.69, 9.17) is 5.14 Å². The fourth-order valence-electron chi connectivity index (χ4n) is 3.24. The summed E-state index contributed by atoms with van der Waals surface area (Å²) in [5, 5.41) is 8.88. The summed E-state index contributed by atoms with van der Waals surface area (Å²) in [7, 11) is -3.48. The van der Waals surface area contributed by atoms with Crippen molar-refractivity contribution >= 4 is 15.9 Å². The Morgan fingerprint density at radius 2 is 1.95 bits per heavy atom. The molecule has 1 atom stereocenters. The lowest BCUT2D eigenvalue weighted by atomic mass is 9.94. The third-order valence-corrected chi connectivity index (χ3v) is 5.92. The molecule has 0 aliphatic carbocycles. The number of hydrogen-bond donors (Lipinski definition) is 1. The highest BCUT2D eigenvalue weighted by molar-refractivity contribution is 7.89. The molecule has 7 nitrogen and oxygen atoms in total. The highest BCUT2D eigenvalue weighted by atomic mass is 32.2. The number of primary sulfonamides is 1. The first-order valence-electron chi connectivity index (χ1n) is 7.26. The first-order chi connectivity index (χ1) is 9.95. The molecule has 1 aromatic rings. The third kappa shape index (κ3) is 2.96. The third-order valence-electron chi connectivity index (χ3n) is 4.52. The van der Waals surface area contributed by atoms with Gasteiger partial charge in [0, 0.05) is 43.9 Å². The monoisotopic (exact) mass is 312 g/mol. The van der Waals surface area contributed by atoms with E-state index in [0.717, 1.165) is 18.7 Å². The zero-order valence-electron chi connectivity index (χ0n) is 11.8. The number of fused-ring (bicyclic) bond motifs is 1. The van der Waals surface area contributed by atoms with E-state index in [1.165, 1.54) is 0 Å². The molecule has 0 spiro atoms. The van der Waals surface area contributed by atoms with Crippen LogP contribution < -0.4 is 5.14 Å². The summed E-state index contributed by atoms with van der Waals surface area (Å²) in [6.07, 6.45) is 4.15. The molecule has 1 amide bonds. The maximum atomic E-state index is 12.6. The van der Waals surface area contributed by atoms with Crippen molar-refractivity contribution in [3.8, 4) is 0 Å². The summed E-state index contributed by atoms with van der Waals surface area (Å²) >= 11 is 0. The summed E-state index contributed by atoms with van der Waals surface area (Å²) < 4.78 is 24.6. The molecule has 0 aromatic carbocycles. The van der Waals surface area contributed by atoms with Gasteiger partial charge in [-0.05, 0) is 25.3 Å². The standard InChI is InChI=1S/C13H20N4O3S/c14-21(19,20)12-3-6-16(7-4-12)13(18)10-2-8-17-11(9-10)1-5-15-17/h1,5,10,12H,2-4,6-9H2,(H2,14,19,20). The number of amides is 1. The zero-order valence-corrected chi connectivity index (χ0v) is 12.6. The van der Waals surface area contributed by atoms with E-state index >= 15 is 0 Å². The lowest BCUT2D eigenvalue weighted by molar-refractivity contribution is -0.137. The van der Waals surface area contributed by atoms with Crippen LogP contribution in [-0.2, 0) is 27.8 Å². The van der Waals surface area contributed by atoms with Crippen LogP contribution in [0.2, 0.25) is 0 Å². The molecule has 1 aromatic heterocycles. The summed E-state index contributed by atoms with van der Waals surface area (Å²) in [6.45, 7) is 1.73. The molecule has 2 aliphatic rings. The van der Waals surface area contributed by atoms with E-state index in [1.54, 1.807) is 11.1 Å². The number of carbonyl (C=O) groups is 1. The van der Waals surface area contributed by atoms with Crippen LogP contribution in [0.1, 0.15) is 25.0 Å². The van der Waals surface area contributed by atoms with Gasteiger partial charge in [0.25, 0.3) is 0 Å². The van der Waals surface area contributed by atoms with E-state index in [0.29, 0.717) is 32.4 Å². The number of sulfonamides is 1. The molecule has 3 heterocycles. The van der Waals surface area contributed by atoms with Crippen LogP contribution in [0.3, 0.4) is 0 Å². The molecular weight excluding hydrogens is 292 g/mol. The molecule has 1 fully saturated rings. The van der Waals surface area contributed by atoms with Gasteiger partial charge in [-0.25, -0.2) is 13.6 Å². The maximum absolute atomic E-state index is 12.6. The fourth-order valence-corrected chi connectivity index (χ4v) is 4.11. The average molecular weight is 312 g/mol. The van der Waals surface area contributed by atoms with Crippen LogP contribution in [0.15, 0.2) is 12.3 Å². The summed E-state index contributed by atoms with van der Waals surface area (Å²) in [5.74, 6) is 0.121. The van der Waals surface area contributed by atoms with Gasteiger partial charge in [0.2, 0.25) is 15.9 Å².